The zero-order valence-electron chi connectivity index (χ0n) is 8.61. The van der Waals surface area contributed by atoms with Crippen molar-refractivity contribution in [3.8, 4) is 0 Å². The smallest absolute Gasteiger partial charge is 0.358 e. The van der Waals surface area contributed by atoms with Crippen LogP contribution in [-0.2, 0) is 6.54 Å². The molecule has 15 heavy (non-hydrogen) atoms. The van der Waals surface area contributed by atoms with E-state index >= 15 is 0 Å². The van der Waals surface area contributed by atoms with E-state index in [1.54, 1.807) is 0 Å². The Morgan fingerprint density at radius 2 is 2.47 bits per heavy atom. The molecule has 1 atom stereocenters. The summed E-state index contributed by atoms with van der Waals surface area (Å²) in [5.41, 5.74) is 0. The molecule has 1 aromatic heterocycles. The summed E-state index contributed by atoms with van der Waals surface area (Å²) < 4.78 is 1.50. The Hall–Kier alpha value is -1.14. The van der Waals surface area contributed by atoms with Crippen LogP contribution in [0.25, 0.3) is 0 Å². The van der Waals surface area contributed by atoms with Gasteiger partial charge in [0.1, 0.15) is 0 Å². The Bertz CT molecular complexity index is 352. The zero-order valence-corrected chi connectivity index (χ0v) is 9.36. The fourth-order valence-corrected chi connectivity index (χ4v) is 1.56. The lowest BCUT2D eigenvalue weighted by Gasteiger charge is -2.07. The van der Waals surface area contributed by atoms with Gasteiger partial charge in [0, 0.05) is 0 Å². The van der Waals surface area contributed by atoms with E-state index in [1.807, 2.05) is 14.0 Å². The van der Waals surface area contributed by atoms with Crippen molar-refractivity contribution in [3.63, 3.8) is 0 Å². The molecule has 1 unspecified atom stereocenters. The van der Waals surface area contributed by atoms with Crippen LogP contribution in [0.3, 0.4) is 0 Å². The Kier molecular flexibility index (Phi) is 4.05. The predicted molar refractivity (Wildman–Crippen MR) is 57.0 cm³/mol. The average molecular weight is 233 g/mol. The molecule has 0 aromatic carbocycles. The van der Waals surface area contributed by atoms with Crippen molar-refractivity contribution in [2.45, 2.75) is 13.5 Å². The van der Waals surface area contributed by atoms with E-state index in [1.165, 1.54) is 10.9 Å². The SMILES string of the molecule is CNCC(C)Cn1cc(Cl)c([N+](=O)[O-])n1. The van der Waals surface area contributed by atoms with Gasteiger partial charge in [-0.3, -0.25) is 0 Å². The first kappa shape index (κ1) is 11.9. The second-order valence-corrected chi connectivity index (χ2v) is 3.85. The van der Waals surface area contributed by atoms with Crippen molar-refractivity contribution in [2.75, 3.05) is 13.6 Å². The highest BCUT2D eigenvalue weighted by Gasteiger charge is 2.19. The van der Waals surface area contributed by atoms with Crippen LogP contribution in [-0.4, -0.2) is 28.3 Å². The maximum absolute atomic E-state index is 10.5. The van der Waals surface area contributed by atoms with E-state index in [0.717, 1.165) is 6.54 Å². The summed E-state index contributed by atoms with van der Waals surface area (Å²) in [6, 6.07) is 0. The zero-order chi connectivity index (χ0) is 11.4. The molecular weight excluding hydrogens is 220 g/mol. The van der Waals surface area contributed by atoms with Crippen LogP contribution in [0.4, 0.5) is 5.82 Å². The van der Waals surface area contributed by atoms with Gasteiger partial charge < -0.3 is 15.4 Å². The summed E-state index contributed by atoms with van der Waals surface area (Å²) in [5, 5.41) is 17.4. The van der Waals surface area contributed by atoms with Crippen LogP contribution in [0.2, 0.25) is 5.02 Å². The van der Waals surface area contributed by atoms with Crippen molar-refractivity contribution >= 4 is 17.4 Å². The van der Waals surface area contributed by atoms with Gasteiger partial charge in [0.2, 0.25) is 0 Å². The minimum absolute atomic E-state index is 0.0802. The van der Waals surface area contributed by atoms with Crippen molar-refractivity contribution in [2.24, 2.45) is 5.92 Å². The highest BCUT2D eigenvalue weighted by molar-refractivity contribution is 6.32. The molecule has 1 rings (SSSR count). The summed E-state index contributed by atoms with van der Waals surface area (Å²) in [4.78, 5) is 9.90. The molecule has 0 fully saturated rings. The second kappa shape index (κ2) is 5.09. The van der Waals surface area contributed by atoms with E-state index in [9.17, 15) is 10.1 Å². The van der Waals surface area contributed by atoms with Crippen LogP contribution < -0.4 is 5.32 Å². The number of rotatable bonds is 5. The van der Waals surface area contributed by atoms with Gasteiger partial charge in [-0.1, -0.05) is 18.5 Å². The van der Waals surface area contributed by atoms with Crippen LogP contribution in [0.1, 0.15) is 6.92 Å². The van der Waals surface area contributed by atoms with Gasteiger partial charge in [0.25, 0.3) is 0 Å². The largest absolute Gasteiger partial charge is 0.408 e. The minimum Gasteiger partial charge on any atom is -0.358 e. The summed E-state index contributed by atoms with van der Waals surface area (Å²) >= 11 is 5.66. The van der Waals surface area contributed by atoms with Crippen LogP contribution in [0, 0.1) is 16.0 Å². The lowest BCUT2D eigenvalue weighted by Crippen LogP contribution is -2.20. The number of nitrogens with zero attached hydrogens (tertiary/aromatic N) is 3. The molecular formula is C8H13ClN4O2. The molecule has 0 spiro atoms. The third-order valence-electron chi connectivity index (χ3n) is 1.92. The number of hydrogen-bond acceptors (Lipinski definition) is 4. The molecule has 0 saturated heterocycles. The molecule has 0 saturated carbocycles. The Balaban J connectivity index is 2.71. The van der Waals surface area contributed by atoms with E-state index in [0.29, 0.717) is 12.5 Å². The normalized spacial score (nSPS) is 12.7. The van der Waals surface area contributed by atoms with Gasteiger partial charge in [-0.05, 0) is 24.4 Å². The molecule has 0 bridgehead atoms. The van der Waals surface area contributed by atoms with E-state index in [-0.39, 0.29) is 10.8 Å². The highest BCUT2D eigenvalue weighted by Crippen LogP contribution is 2.21. The molecule has 0 aliphatic carbocycles. The second-order valence-electron chi connectivity index (χ2n) is 3.44. The number of nitrogens with one attached hydrogen (secondary N) is 1. The van der Waals surface area contributed by atoms with Crippen molar-refractivity contribution in [1.82, 2.24) is 15.1 Å². The summed E-state index contributed by atoms with van der Waals surface area (Å²) in [6.07, 6.45) is 1.48. The molecule has 0 amide bonds. The fraction of sp³-hybridized carbons (Fsp3) is 0.625. The first-order valence-corrected chi connectivity index (χ1v) is 4.94. The molecule has 0 aliphatic rings. The van der Waals surface area contributed by atoms with Gasteiger partial charge in [-0.15, -0.1) is 0 Å². The number of nitro groups is 1. The number of hydrogen-bond donors (Lipinski definition) is 1. The Morgan fingerprint density at radius 1 is 1.80 bits per heavy atom. The van der Waals surface area contributed by atoms with Gasteiger partial charge in [-0.25, -0.2) is 0 Å². The molecule has 0 radical (unpaired) electrons. The van der Waals surface area contributed by atoms with E-state index in [4.69, 9.17) is 11.6 Å². The van der Waals surface area contributed by atoms with Crippen LogP contribution >= 0.6 is 11.6 Å². The molecule has 0 aliphatic heterocycles. The summed E-state index contributed by atoms with van der Waals surface area (Å²) in [7, 11) is 1.86. The van der Waals surface area contributed by atoms with Crippen molar-refractivity contribution in [3.05, 3.63) is 21.3 Å². The molecule has 6 nitrogen and oxygen atoms in total. The fourth-order valence-electron chi connectivity index (χ4n) is 1.34. The van der Waals surface area contributed by atoms with Gasteiger partial charge in [0.05, 0.1) is 17.8 Å². The van der Waals surface area contributed by atoms with Crippen molar-refractivity contribution < 1.29 is 4.92 Å². The van der Waals surface area contributed by atoms with E-state index < -0.39 is 4.92 Å². The molecule has 7 heteroatoms. The summed E-state index contributed by atoms with van der Waals surface area (Å²) in [6.45, 7) is 3.46. The molecule has 1 N–H and O–H groups in total. The molecule has 1 heterocycles. The first-order chi connectivity index (χ1) is 7.04. The van der Waals surface area contributed by atoms with Crippen LogP contribution in [0.15, 0.2) is 6.20 Å². The monoisotopic (exact) mass is 232 g/mol. The standard InChI is InChI=1S/C8H13ClN4O2/c1-6(3-10-2)4-12-5-7(9)8(11-12)13(14)15/h5-6,10H,3-4H2,1-2H3. The van der Waals surface area contributed by atoms with Gasteiger partial charge in [0.15, 0.2) is 5.02 Å². The lowest BCUT2D eigenvalue weighted by molar-refractivity contribution is -0.389. The predicted octanol–water partition coefficient (Wildman–Crippen LogP) is 1.30. The molecule has 1 aromatic rings. The van der Waals surface area contributed by atoms with Gasteiger partial charge >= 0.3 is 5.82 Å². The maximum atomic E-state index is 10.5. The first-order valence-electron chi connectivity index (χ1n) is 4.56. The van der Waals surface area contributed by atoms with Crippen LogP contribution in [0.5, 0.6) is 0 Å². The quantitative estimate of drug-likeness (QED) is 0.614. The van der Waals surface area contributed by atoms with Gasteiger partial charge in [-0.2, -0.15) is 4.68 Å². The Morgan fingerprint density at radius 3 is 2.93 bits per heavy atom. The van der Waals surface area contributed by atoms with E-state index in [2.05, 4.69) is 10.4 Å². The third kappa shape index (κ3) is 3.17. The number of halogens is 1. The average Bonchev–Trinajstić information content (AvgIpc) is 2.47. The lowest BCUT2D eigenvalue weighted by atomic mass is 10.2. The number of aromatic nitrogens is 2. The van der Waals surface area contributed by atoms with Crippen molar-refractivity contribution in [1.29, 1.82) is 0 Å². The Labute approximate surface area is 92.4 Å². The third-order valence-corrected chi connectivity index (χ3v) is 2.19. The molecule has 84 valence electrons. The summed E-state index contributed by atoms with van der Waals surface area (Å²) in [5.74, 6) is 0.0545. The highest BCUT2D eigenvalue weighted by atomic mass is 35.5. The maximum Gasteiger partial charge on any atom is 0.408 e. The topological polar surface area (TPSA) is 73.0 Å². The minimum atomic E-state index is -0.582.